The quantitative estimate of drug-likeness (QED) is 0.406. The largest absolute Gasteiger partial charge is 0.482 e. The molecule has 0 saturated heterocycles. The van der Waals surface area contributed by atoms with Crippen LogP contribution in [0.3, 0.4) is 0 Å². The number of hydrogen-bond acceptors (Lipinski definition) is 4. The SMILES string of the molecule is CCC1(OC(=O)COC2=C(C)CC(N(c3ccccc3)c3ccccc3)C=C2C)CCCC1. The van der Waals surface area contributed by atoms with E-state index in [2.05, 4.69) is 80.3 Å². The van der Waals surface area contributed by atoms with E-state index in [1.54, 1.807) is 0 Å². The van der Waals surface area contributed by atoms with Gasteiger partial charge in [-0.25, -0.2) is 4.79 Å². The second-order valence-electron chi connectivity index (χ2n) is 9.28. The van der Waals surface area contributed by atoms with Gasteiger partial charge in [-0.05, 0) is 87.8 Å². The van der Waals surface area contributed by atoms with Crippen LogP contribution in [0.4, 0.5) is 11.4 Å². The van der Waals surface area contributed by atoms with E-state index in [0.717, 1.165) is 66.8 Å². The fourth-order valence-electron chi connectivity index (χ4n) is 5.23. The van der Waals surface area contributed by atoms with Crippen LogP contribution < -0.4 is 4.90 Å². The van der Waals surface area contributed by atoms with Gasteiger partial charge in [0.2, 0.25) is 0 Å². The van der Waals surface area contributed by atoms with Crippen LogP contribution in [0.5, 0.6) is 0 Å². The van der Waals surface area contributed by atoms with Crippen molar-refractivity contribution in [1.29, 1.82) is 0 Å². The Labute approximate surface area is 197 Å². The smallest absolute Gasteiger partial charge is 0.344 e. The topological polar surface area (TPSA) is 38.8 Å². The van der Waals surface area contributed by atoms with Crippen LogP contribution in [0.2, 0.25) is 0 Å². The minimum atomic E-state index is -0.279. The van der Waals surface area contributed by atoms with Crippen molar-refractivity contribution >= 4 is 17.3 Å². The normalized spacial score (nSPS) is 19.7. The molecule has 4 nitrogen and oxygen atoms in total. The van der Waals surface area contributed by atoms with Crippen LogP contribution in [-0.4, -0.2) is 24.2 Å². The first-order valence-corrected chi connectivity index (χ1v) is 12.1. The molecule has 2 aliphatic carbocycles. The van der Waals surface area contributed by atoms with Crippen molar-refractivity contribution < 1.29 is 14.3 Å². The molecule has 2 aromatic rings. The predicted molar refractivity (Wildman–Crippen MR) is 133 cm³/mol. The maximum atomic E-state index is 12.6. The number of esters is 1. The van der Waals surface area contributed by atoms with E-state index in [4.69, 9.17) is 9.47 Å². The fraction of sp³-hybridized carbons (Fsp3) is 0.414. The number of para-hydroxylation sites is 2. The third-order valence-corrected chi connectivity index (χ3v) is 6.93. The van der Waals surface area contributed by atoms with Gasteiger partial charge in [0.05, 0.1) is 6.04 Å². The van der Waals surface area contributed by atoms with Crippen LogP contribution in [0.15, 0.2) is 83.6 Å². The van der Waals surface area contributed by atoms with Crippen LogP contribution in [0, 0.1) is 0 Å². The van der Waals surface area contributed by atoms with Gasteiger partial charge in [0.15, 0.2) is 6.61 Å². The lowest BCUT2D eigenvalue weighted by Crippen LogP contribution is -2.34. The van der Waals surface area contributed by atoms with Gasteiger partial charge in [-0.3, -0.25) is 0 Å². The Bertz CT molecular complexity index is 964. The van der Waals surface area contributed by atoms with Crippen LogP contribution in [-0.2, 0) is 14.3 Å². The molecule has 1 saturated carbocycles. The van der Waals surface area contributed by atoms with Crippen LogP contribution in [0.25, 0.3) is 0 Å². The fourth-order valence-corrected chi connectivity index (χ4v) is 5.23. The molecular formula is C29H35NO3. The molecule has 0 aliphatic heterocycles. The van der Waals surface area contributed by atoms with Crippen molar-refractivity contribution in [3.63, 3.8) is 0 Å². The molecule has 2 aliphatic rings. The van der Waals surface area contributed by atoms with Crippen molar-refractivity contribution in [2.75, 3.05) is 11.5 Å². The highest BCUT2D eigenvalue weighted by atomic mass is 16.6. The third-order valence-electron chi connectivity index (χ3n) is 6.93. The van der Waals surface area contributed by atoms with E-state index in [1.807, 2.05) is 12.1 Å². The summed E-state index contributed by atoms with van der Waals surface area (Å²) in [7, 11) is 0. The molecule has 0 radical (unpaired) electrons. The highest BCUT2D eigenvalue weighted by molar-refractivity contribution is 5.71. The summed E-state index contributed by atoms with van der Waals surface area (Å²) >= 11 is 0. The van der Waals surface area contributed by atoms with Crippen molar-refractivity contribution in [3.8, 4) is 0 Å². The molecule has 1 atom stereocenters. The molecule has 0 heterocycles. The number of benzene rings is 2. The van der Waals surface area contributed by atoms with E-state index < -0.39 is 0 Å². The molecule has 0 N–H and O–H groups in total. The van der Waals surface area contributed by atoms with Gasteiger partial charge >= 0.3 is 5.97 Å². The lowest BCUT2D eigenvalue weighted by atomic mass is 9.93. The van der Waals surface area contributed by atoms with Gasteiger partial charge in [0, 0.05) is 11.4 Å². The molecular weight excluding hydrogens is 410 g/mol. The van der Waals surface area contributed by atoms with Gasteiger partial charge in [-0.15, -0.1) is 0 Å². The number of nitrogens with zero attached hydrogens (tertiary/aromatic N) is 1. The summed E-state index contributed by atoms with van der Waals surface area (Å²) in [6.45, 7) is 6.23. The van der Waals surface area contributed by atoms with E-state index in [1.165, 1.54) is 0 Å². The second-order valence-corrected chi connectivity index (χ2v) is 9.28. The molecule has 0 aromatic heterocycles. The first kappa shape index (κ1) is 23.2. The molecule has 1 unspecified atom stereocenters. The number of rotatable bonds is 8. The maximum absolute atomic E-state index is 12.6. The maximum Gasteiger partial charge on any atom is 0.344 e. The molecule has 2 aromatic carbocycles. The molecule has 1 fully saturated rings. The average Bonchev–Trinajstić information content (AvgIpc) is 3.29. The van der Waals surface area contributed by atoms with Crippen molar-refractivity contribution in [1.82, 2.24) is 0 Å². The summed E-state index contributed by atoms with van der Waals surface area (Å²) in [5.74, 6) is 0.561. The van der Waals surface area contributed by atoms with Crippen molar-refractivity contribution in [2.24, 2.45) is 0 Å². The molecule has 174 valence electrons. The van der Waals surface area contributed by atoms with Crippen LogP contribution in [0.1, 0.15) is 59.3 Å². The third kappa shape index (κ3) is 5.32. The summed E-state index contributed by atoms with van der Waals surface area (Å²) in [6, 6.07) is 21.1. The number of ether oxygens (including phenoxy) is 2. The van der Waals surface area contributed by atoms with E-state index >= 15 is 0 Å². The number of hydrogen-bond donors (Lipinski definition) is 0. The number of carbonyl (C=O) groups is 1. The average molecular weight is 446 g/mol. The Morgan fingerprint density at radius 3 is 2.06 bits per heavy atom. The number of allylic oxidation sites excluding steroid dienone is 1. The van der Waals surface area contributed by atoms with E-state index in [-0.39, 0.29) is 24.2 Å². The summed E-state index contributed by atoms with van der Waals surface area (Å²) in [5, 5.41) is 0. The minimum absolute atomic E-state index is 0.0364. The van der Waals surface area contributed by atoms with Crippen molar-refractivity contribution in [2.45, 2.75) is 70.9 Å². The Morgan fingerprint density at radius 1 is 0.970 bits per heavy atom. The Balaban J connectivity index is 1.48. The molecule has 0 amide bonds. The molecule has 0 spiro atoms. The van der Waals surface area contributed by atoms with Gasteiger partial charge < -0.3 is 14.4 Å². The zero-order valence-corrected chi connectivity index (χ0v) is 20.0. The Hall–Kier alpha value is -3.01. The highest BCUT2D eigenvalue weighted by Gasteiger charge is 2.36. The first-order valence-electron chi connectivity index (χ1n) is 12.1. The Morgan fingerprint density at radius 2 is 1.55 bits per heavy atom. The van der Waals surface area contributed by atoms with Gasteiger partial charge in [-0.2, -0.15) is 0 Å². The number of anilines is 2. The highest BCUT2D eigenvalue weighted by Crippen LogP contribution is 2.37. The second kappa shape index (κ2) is 10.3. The lowest BCUT2D eigenvalue weighted by molar-refractivity contribution is -0.163. The van der Waals surface area contributed by atoms with Gasteiger partial charge in [0.1, 0.15) is 11.4 Å². The van der Waals surface area contributed by atoms with Gasteiger partial charge in [0.25, 0.3) is 0 Å². The van der Waals surface area contributed by atoms with Crippen LogP contribution >= 0.6 is 0 Å². The van der Waals surface area contributed by atoms with E-state index in [9.17, 15) is 4.79 Å². The Kier molecular flexibility index (Phi) is 7.22. The zero-order valence-electron chi connectivity index (χ0n) is 20.0. The standard InChI is InChI=1S/C29H35NO3/c1-4-29(17-11-12-18-29)33-27(31)21-32-28-22(2)19-26(20-23(28)3)30(24-13-7-5-8-14-24)25-15-9-6-10-16-25/h5-10,13-16,19,26H,4,11-12,17-18,20-21H2,1-3H3. The zero-order chi connectivity index (χ0) is 23.3. The monoisotopic (exact) mass is 445 g/mol. The van der Waals surface area contributed by atoms with E-state index in [0.29, 0.717) is 0 Å². The van der Waals surface area contributed by atoms with Gasteiger partial charge in [-0.1, -0.05) is 49.4 Å². The summed E-state index contributed by atoms with van der Waals surface area (Å²) in [5.41, 5.74) is 4.23. The minimum Gasteiger partial charge on any atom is -0.482 e. The first-order chi connectivity index (χ1) is 16.0. The summed E-state index contributed by atoms with van der Waals surface area (Å²) < 4.78 is 11.9. The molecule has 33 heavy (non-hydrogen) atoms. The molecule has 4 rings (SSSR count). The summed E-state index contributed by atoms with van der Waals surface area (Å²) in [6.07, 6.45) is 8.14. The molecule has 0 bridgehead atoms. The van der Waals surface area contributed by atoms with Crippen molar-refractivity contribution in [3.05, 3.63) is 83.6 Å². The lowest BCUT2D eigenvalue weighted by Gasteiger charge is -2.35. The number of carbonyl (C=O) groups excluding carboxylic acids is 1. The molecule has 4 heteroatoms. The predicted octanol–water partition coefficient (Wildman–Crippen LogP) is 7.10. The summed E-state index contributed by atoms with van der Waals surface area (Å²) in [4.78, 5) is 14.9.